The van der Waals surface area contributed by atoms with E-state index in [4.69, 9.17) is 4.74 Å². The lowest BCUT2D eigenvalue weighted by Gasteiger charge is -2.14. The first-order valence-electron chi connectivity index (χ1n) is 9.36. The third-order valence-corrected chi connectivity index (χ3v) is 4.17. The Hall–Kier alpha value is -3.03. The van der Waals surface area contributed by atoms with Gasteiger partial charge < -0.3 is 25.2 Å². The van der Waals surface area contributed by atoms with Gasteiger partial charge in [0.25, 0.3) is 0 Å². The standard InChI is InChI=1S/C21H27F2N3O3/c1-4-24-21(25-11-10-15-6-5-7-18(28-3)19(15)27)26-13-16-12-14(2)8-9-17(16)29-20(22)23/h5-9,12,20,27H,4,10-11,13H2,1-3H3,(H2,24,25,26). The Kier molecular flexibility index (Phi) is 8.51. The van der Waals surface area contributed by atoms with Crippen molar-refractivity contribution < 1.29 is 23.4 Å². The number of phenols is 1. The summed E-state index contributed by atoms with van der Waals surface area (Å²) in [5, 5.41) is 16.5. The predicted octanol–water partition coefficient (Wildman–Crippen LogP) is 3.61. The van der Waals surface area contributed by atoms with Gasteiger partial charge in [0.15, 0.2) is 17.5 Å². The summed E-state index contributed by atoms with van der Waals surface area (Å²) >= 11 is 0. The van der Waals surface area contributed by atoms with Crippen molar-refractivity contribution in [1.29, 1.82) is 0 Å². The van der Waals surface area contributed by atoms with Gasteiger partial charge in [0.2, 0.25) is 0 Å². The average molecular weight is 407 g/mol. The van der Waals surface area contributed by atoms with Crippen LogP contribution in [0.3, 0.4) is 0 Å². The molecule has 2 rings (SSSR count). The van der Waals surface area contributed by atoms with Crippen molar-refractivity contribution in [3.63, 3.8) is 0 Å². The van der Waals surface area contributed by atoms with Gasteiger partial charge in [-0.15, -0.1) is 0 Å². The Morgan fingerprint density at radius 3 is 2.62 bits per heavy atom. The van der Waals surface area contributed by atoms with Gasteiger partial charge in [0.05, 0.1) is 13.7 Å². The van der Waals surface area contributed by atoms with Gasteiger partial charge in [-0.05, 0) is 38.0 Å². The molecule has 0 radical (unpaired) electrons. The molecule has 0 bridgehead atoms. The molecule has 2 aromatic carbocycles. The van der Waals surface area contributed by atoms with Crippen molar-refractivity contribution in [3.8, 4) is 17.2 Å². The molecule has 29 heavy (non-hydrogen) atoms. The molecule has 0 atom stereocenters. The van der Waals surface area contributed by atoms with Gasteiger partial charge in [0, 0.05) is 18.7 Å². The summed E-state index contributed by atoms with van der Waals surface area (Å²) in [7, 11) is 1.50. The first kappa shape index (κ1) is 22.3. The van der Waals surface area contributed by atoms with Crippen molar-refractivity contribution in [2.45, 2.75) is 33.4 Å². The van der Waals surface area contributed by atoms with Gasteiger partial charge in [-0.25, -0.2) is 4.99 Å². The molecule has 3 N–H and O–H groups in total. The van der Waals surface area contributed by atoms with Gasteiger partial charge in [-0.1, -0.05) is 29.8 Å². The zero-order chi connectivity index (χ0) is 21.2. The van der Waals surface area contributed by atoms with Crippen LogP contribution in [-0.2, 0) is 13.0 Å². The fourth-order valence-corrected chi connectivity index (χ4v) is 2.80. The first-order chi connectivity index (χ1) is 13.9. The van der Waals surface area contributed by atoms with Crippen LogP contribution in [0.15, 0.2) is 41.4 Å². The first-order valence-corrected chi connectivity index (χ1v) is 9.36. The molecule has 0 saturated heterocycles. The van der Waals surface area contributed by atoms with Crippen molar-refractivity contribution in [2.24, 2.45) is 4.99 Å². The fraction of sp³-hybridized carbons (Fsp3) is 0.381. The summed E-state index contributed by atoms with van der Waals surface area (Å²) in [6.07, 6.45) is 0.553. The molecular weight excluding hydrogens is 380 g/mol. The van der Waals surface area contributed by atoms with Crippen molar-refractivity contribution >= 4 is 5.96 Å². The van der Waals surface area contributed by atoms with E-state index in [0.29, 0.717) is 36.8 Å². The van der Waals surface area contributed by atoms with E-state index in [1.807, 2.05) is 26.0 Å². The lowest BCUT2D eigenvalue weighted by Crippen LogP contribution is -2.38. The molecule has 0 aliphatic heterocycles. The van der Waals surface area contributed by atoms with Gasteiger partial charge in [-0.3, -0.25) is 0 Å². The number of aliphatic imine (C=N–C) groups is 1. The number of alkyl halides is 2. The minimum Gasteiger partial charge on any atom is -0.504 e. The third-order valence-electron chi connectivity index (χ3n) is 4.17. The van der Waals surface area contributed by atoms with Crippen LogP contribution in [-0.4, -0.2) is 37.9 Å². The maximum atomic E-state index is 12.6. The number of aromatic hydroxyl groups is 1. The number of guanidine groups is 1. The van der Waals surface area contributed by atoms with E-state index < -0.39 is 6.61 Å². The van der Waals surface area contributed by atoms with Crippen LogP contribution in [0.1, 0.15) is 23.6 Å². The summed E-state index contributed by atoms with van der Waals surface area (Å²) in [5.74, 6) is 1.20. The van der Waals surface area contributed by atoms with Crippen LogP contribution in [0.4, 0.5) is 8.78 Å². The number of methoxy groups -OCH3 is 1. The summed E-state index contributed by atoms with van der Waals surface area (Å²) in [4.78, 5) is 4.46. The Bertz CT molecular complexity index is 829. The molecule has 158 valence electrons. The molecule has 0 heterocycles. The smallest absolute Gasteiger partial charge is 0.387 e. The molecule has 0 saturated carbocycles. The molecule has 8 heteroatoms. The molecule has 0 amide bonds. The molecular formula is C21H27F2N3O3. The van der Waals surface area contributed by atoms with E-state index >= 15 is 0 Å². The molecule has 6 nitrogen and oxygen atoms in total. The second kappa shape index (κ2) is 11.1. The third kappa shape index (κ3) is 6.81. The Labute approximate surface area is 169 Å². The second-order valence-electron chi connectivity index (χ2n) is 6.33. The quantitative estimate of drug-likeness (QED) is 0.437. The highest BCUT2D eigenvalue weighted by Gasteiger charge is 2.11. The molecule has 0 aliphatic carbocycles. The largest absolute Gasteiger partial charge is 0.504 e. The van der Waals surface area contributed by atoms with Crippen LogP contribution in [0.2, 0.25) is 0 Å². The highest BCUT2D eigenvalue weighted by Crippen LogP contribution is 2.29. The number of para-hydroxylation sites is 1. The zero-order valence-electron chi connectivity index (χ0n) is 16.8. The fourth-order valence-electron chi connectivity index (χ4n) is 2.80. The molecule has 0 aromatic heterocycles. The van der Waals surface area contributed by atoms with Crippen LogP contribution in [0.5, 0.6) is 17.2 Å². The number of rotatable bonds is 9. The Morgan fingerprint density at radius 2 is 1.93 bits per heavy atom. The molecule has 0 unspecified atom stereocenters. The molecule has 0 fully saturated rings. The summed E-state index contributed by atoms with van der Waals surface area (Å²) in [5.41, 5.74) is 2.26. The number of benzene rings is 2. The minimum atomic E-state index is -2.89. The van der Waals surface area contributed by atoms with Crippen molar-refractivity contribution in [2.75, 3.05) is 20.2 Å². The number of halogens is 2. The van der Waals surface area contributed by atoms with Crippen LogP contribution >= 0.6 is 0 Å². The monoisotopic (exact) mass is 407 g/mol. The van der Waals surface area contributed by atoms with E-state index in [2.05, 4.69) is 20.4 Å². The Morgan fingerprint density at radius 1 is 1.14 bits per heavy atom. The van der Waals surface area contributed by atoms with Gasteiger partial charge in [0.1, 0.15) is 5.75 Å². The predicted molar refractivity (Wildman–Crippen MR) is 109 cm³/mol. The summed E-state index contributed by atoms with van der Waals surface area (Å²) in [6.45, 7) is 2.27. The highest BCUT2D eigenvalue weighted by atomic mass is 19.3. The summed E-state index contributed by atoms with van der Waals surface area (Å²) in [6, 6.07) is 10.4. The number of nitrogens with zero attached hydrogens (tertiary/aromatic N) is 1. The van der Waals surface area contributed by atoms with Gasteiger partial charge >= 0.3 is 6.61 Å². The zero-order valence-corrected chi connectivity index (χ0v) is 16.8. The highest BCUT2D eigenvalue weighted by molar-refractivity contribution is 5.79. The maximum Gasteiger partial charge on any atom is 0.387 e. The second-order valence-corrected chi connectivity index (χ2v) is 6.33. The van der Waals surface area contributed by atoms with Crippen LogP contribution < -0.4 is 20.1 Å². The topological polar surface area (TPSA) is 75.1 Å². The number of phenolic OH excluding ortho intramolecular Hbond substituents is 1. The summed E-state index contributed by atoms with van der Waals surface area (Å²) < 4.78 is 34.9. The van der Waals surface area contributed by atoms with Crippen molar-refractivity contribution in [3.05, 3.63) is 53.1 Å². The lowest BCUT2D eigenvalue weighted by molar-refractivity contribution is -0.0504. The SMILES string of the molecule is CCNC(=NCc1cc(C)ccc1OC(F)F)NCCc1cccc(OC)c1O. The minimum absolute atomic E-state index is 0.117. The van der Waals surface area contributed by atoms with E-state index in [9.17, 15) is 13.9 Å². The van der Waals surface area contributed by atoms with E-state index in [1.54, 1.807) is 18.2 Å². The van der Waals surface area contributed by atoms with E-state index in [-0.39, 0.29) is 18.0 Å². The molecule has 0 aliphatic rings. The number of hydrogen-bond acceptors (Lipinski definition) is 4. The number of aryl methyl sites for hydroxylation is 1. The number of hydrogen-bond donors (Lipinski definition) is 3. The molecule has 0 spiro atoms. The van der Waals surface area contributed by atoms with Crippen molar-refractivity contribution in [1.82, 2.24) is 10.6 Å². The number of nitrogens with one attached hydrogen (secondary N) is 2. The average Bonchev–Trinajstić information content (AvgIpc) is 2.69. The molecule has 2 aromatic rings. The Balaban J connectivity index is 2.04. The number of ether oxygens (including phenoxy) is 2. The van der Waals surface area contributed by atoms with Crippen LogP contribution in [0, 0.1) is 6.92 Å². The lowest BCUT2D eigenvalue weighted by atomic mass is 10.1. The maximum absolute atomic E-state index is 12.6. The van der Waals surface area contributed by atoms with Gasteiger partial charge in [-0.2, -0.15) is 8.78 Å². The van der Waals surface area contributed by atoms with E-state index in [0.717, 1.165) is 11.1 Å². The van der Waals surface area contributed by atoms with E-state index in [1.165, 1.54) is 13.2 Å². The normalized spacial score (nSPS) is 11.4. The van der Waals surface area contributed by atoms with Crippen LogP contribution in [0.25, 0.3) is 0 Å².